The molecule has 1 saturated heterocycles. The summed E-state index contributed by atoms with van der Waals surface area (Å²) in [5, 5.41) is 12.3. The number of aliphatic hydroxyl groups excluding tert-OH is 1. The van der Waals surface area contributed by atoms with Crippen LogP contribution in [0.3, 0.4) is 0 Å². The second kappa shape index (κ2) is 8.98. The number of halogens is 1. The standard InChI is InChI=1S/C19H22ClN3O3/c20-15-3-1-4-16(11-15)22-19(25)14-6-7-18(21-12-14)23-8-2-5-17(13-23)26-10-9-24/h1,3-4,6-7,11-12,17,24H,2,5,8-10,13H2,(H,22,25). The zero-order valence-corrected chi connectivity index (χ0v) is 15.2. The van der Waals surface area contributed by atoms with E-state index in [1.165, 1.54) is 0 Å². The number of nitrogens with zero attached hydrogens (tertiary/aromatic N) is 2. The third kappa shape index (κ3) is 4.94. The maximum atomic E-state index is 12.3. The first-order valence-corrected chi connectivity index (χ1v) is 9.04. The number of carbonyl (C=O) groups is 1. The summed E-state index contributed by atoms with van der Waals surface area (Å²) in [5.74, 6) is 0.593. The molecule has 1 unspecified atom stereocenters. The number of anilines is 2. The Hall–Kier alpha value is -2.15. The van der Waals surface area contributed by atoms with Gasteiger partial charge in [0.2, 0.25) is 0 Å². The van der Waals surface area contributed by atoms with Crippen LogP contribution in [-0.4, -0.2) is 48.4 Å². The zero-order valence-electron chi connectivity index (χ0n) is 14.4. The Morgan fingerprint density at radius 2 is 2.27 bits per heavy atom. The topological polar surface area (TPSA) is 74.7 Å². The Labute approximate surface area is 157 Å². The molecule has 3 rings (SSSR count). The molecule has 1 aliphatic heterocycles. The second-order valence-corrected chi connectivity index (χ2v) is 6.61. The summed E-state index contributed by atoms with van der Waals surface area (Å²) in [5.41, 5.74) is 1.13. The van der Waals surface area contributed by atoms with E-state index >= 15 is 0 Å². The monoisotopic (exact) mass is 375 g/mol. The largest absolute Gasteiger partial charge is 0.394 e. The van der Waals surface area contributed by atoms with E-state index in [-0.39, 0.29) is 18.6 Å². The summed E-state index contributed by atoms with van der Waals surface area (Å²) in [6.07, 6.45) is 3.67. The van der Waals surface area contributed by atoms with Crippen LogP contribution in [0.15, 0.2) is 42.6 Å². The van der Waals surface area contributed by atoms with Crippen molar-refractivity contribution in [3.8, 4) is 0 Å². The van der Waals surface area contributed by atoms with Crippen molar-refractivity contribution in [3.63, 3.8) is 0 Å². The lowest BCUT2D eigenvalue weighted by molar-refractivity contribution is 0.0213. The number of hydrogen-bond acceptors (Lipinski definition) is 5. The molecule has 26 heavy (non-hydrogen) atoms. The van der Waals surface area contributed by atoms with Crippen molar-refractivity contribution in [1.29, 1.82) is 0 Å². The van der Waals surface area contributed by atoms with Crippen LogP contribution < -0.4 is 10.2 Å². The van der Waals surface area contributed by atoms with Crippen molar-refractivity contribution in [2.75, 3.05) is 36.5 Å². The summed E-state index contributed by atoms with van der Waals surface area (Å²) in [4.78, 5) is 18.9. The fraction of sp³-hybridized carbons (Fsp3) is 0.368. The Bertz CT molecular complexity index is 739. The lowest BCUT2D eigenvalue weighted by atomic mass is 10.1. The molecular weight excluding hydrogens is 354 g/mol. The molecule has 2 heterocycles. The molecule has 2 aromatic rings. The van der Waals surface area contributed by atoms with Gasteiger partial charge in [-0.15, -0.1) is 0 Å². The maximum absolute atomic E-state index is 12.3. The van der Waals surface area contributed by atoms with Crippen molar-refractivity contribution in [3.05, 3.63) is 53.2 Å². The summed E-state index contributed by atoms with van der Waals surface area (Å²) in [6, 6.07) is 10.6. The fourth-order valence-corrected chi connectivity index (χ4v) is 3.17. The first-order valence-electron chi connectivity index (χ1n) is 8.66. The molecular formula is C19H22ClN3O3. The van der Waals surface area contributed by atoms with Gasteiger partial charge >= 0.3 is 0 Å². The number of piperidine rings is 1. The van der Waals surface area contributed by atoms with Crippen molar-refractivity contribution < 1.29 is 14.6 Å². The van der Waals surface area contributed by atoms with Crippen LogP contribution in [-0.2, 0) is 4.74 Å². The molecule has 0 saturated carbocycles. The van der Waals surface area contributed by atoms with E-state index in [0.717, 1.165) is 31.7 Å². The van der Waals surface area contributed by atoms with Crippen molar-refractivity contribution in [1.82, 2.24) is 4.98 Å². The number of pyridine rings is 1. The highest BCUT2D eigenvalue weighted by Gasteiger charge is 2.21. The molecule has 1 aliphatic rings. The number of benzene rings is 1. The third-order valence-electron chi connectivity index (χ3n) is 4.24. The number of amides is 1. The SMILES string of the molecule is O=C(Nc1cccc(Cl)c1)c1ccc(N2CCCC(OCCO)C2)nc1. The summed E-state index contributed by atoms with van der Waals surface area (Å²) >= 11 is 5.93. The van der Waals surface area contributed by atoms with Crippen LogP contribution in [0, 0.1) is 0 Å². The molecule has 1 fully saturated rings. The average molecular weight is 376 g/mol. The highest BCUT2D eigenvalue weighted by molar-refractivity contribution is 6.30. The van der Waals surface area contributed by atoms with Gasteiger partial charge in [0.05, 0.1) is 24.9 Å². The van der Waals surface area contributed by atoms with Crippen molar-refractivity contribution >= 4 is 29.0 Å². The minimum atomic E-state index is -0.228. The molecule has 0 spiro atoms. The van der Waals surface area contributed by atoms with Gasteiger partial charge in [-0.25, -0.2) is 4.98 Å². The van der Waals surface area contributed by atoms with Crippen LogP contribution >= 0.6 is 11.6 Å². The zero-order chi connectivity index (χ0) is 18.4. The Kier molecular flexibility index (Phi) is 6.44. The highest BCUT2D eigenvalue weighted by atomic mass is 35.5. The molecule has 0 radical (unpaired) electrons. The van der Waals surface area contributed by atoms with Gasteiger partial charge in [-0.2, -0.15) is 0 Å². The van der Waals surface area contributed by atoms with Crippen molar-refractivity contribution in [2.24, 2.45) is 0 Å². The van der Waals surface area contributed by atoms with Crippen LogP contribution in [0.5, 0.6) is 0 Å². The van der Waals surface area contributed by atoms with Crippen LogP contribution in [0.4, 0.5) is 11.5 Å². The number of aromatic nitrogens is 1. The summed E-state index contributed by atoms with van der Waals surface area (Å²) in [6.45, 7) is 2.03. The lowest BCUT2D eigenvalue weighted by Gasteiger charge is -2.33. The van der Waals surface area contributed by atoms with Gasteiger partial charge in [0.25, 0.3) is 5.91 Å². The predicted octanol–water partition coefficient (Wildman–Crippen LogP) is 2.97. The van der Waals surface area contributed by atoms with E-state index < -0.39 is 0 Å². The number of hydrogen-bond donors (Lipinski definition) is 2. The quantitative estimate of drug-likeness (QED) is 0.811. The first kappa shape index (κ1) is 18.6. The molecule has 0 aliphatic carbocycles. The molecule has 1 aromatic heterocycles. The number of ether oxygens (including phenoxy) is 1. The number of carbonyl (C=O) groups excluding carboxylic acids is 1. The minimum absolute atomic E-state index is 0.0329. The van der Waals surface area contributed by atoms with Gasteiger partial charge in [-0.3, -0.25) is 4.79 Å². The van der Waals surface area contributed by atoms with E-state index in [1.807, 2.05) is 6.07 Å². The molecule has 2 N–H and O–H groups in total. The van der Waals surface area contributed by atoms with Gasteiger partial charge < -0.3 is 20.1 Å². The van der Waals surface area contributed by atoms with E-state index in [2.05, 4.69) is 15.2 Å². The lowest BCUT2D eigenvalue weighted by Crippen LogP contribution is -2.40. The molecule has 1 atom stereocenters. The summed E-state index contributed by atoms with van der Waals surface area (Å²) in [7, 11) is 0. The molecule has 6 nitrogen and oxygen atoms in total. The molecule has 138 valence electrons. The van der Waals surface area contributed by atoms with Gasteiger partial charge in [0.1, 0.15) is 5.82 Å². The predicted molar refractivity (Wildman–Crippen MR) is 102 cm³/mol. The third-order valence-corrected chi connectivity index (χ3v) is 4.47. The first-order chi connectivity index (χ1) is 12.7. The second-order valence-electron chi connectivity index (χ2n) is 6.17. The van der Waals surface area contributed by atoms with Gasteiger partial charge in [0.15, 0.2) is 0 Å². The summed E-state index contributed by atoms with van der Waals surface area (Å²) < 4.78 is 5.63. The highest BCUT2D eigenvalue weighted by Crippen LogP contribution is 2.20. The van der Waals surface area contributed by atoms with E-state index in [4.69, 9.17) is 21.4 Å². The smallest absolute Gasteiger partial charge is 0.257 e. The number of aliphatic hydroxyl groups is 1. The Balaban J connectivity index is 1.61. The van der Waals surface area contributed by atoms with E-state index in [0.29, 0.717) is 22.9 Å². The maximum Gasteiger partial charge on any atom is 0.257 e. The van der Waals surface area contributed by atoms with Gasteiger partial charge in [-0.05, 0) is 43.2 Å². The van der Waals surface area contributed by atoms with Crippen LogP contribution in [0.1, 0.15) is 23.2 Å². The molecule has 7 heteroatoms. The molecule has 1 aromatic carbocycles. The normalized spacial score (nSPS) is 17.2. The fourth-order valence-electron chi connectivity index (χ4n) is 2.98. The van der Waals surface area contributed by atoms with E-state index in [1.54, 1.807) is 36.5 Å². The van der Waals surface area contributed by atoms with Gasteiger partial charge in [-0.1, -0.05) is 17.7 Å². The Morgan fingerprint density at radius 1 is 1.38 bits per heavy atom. The average Bonchev–Trinajstić information content (AvgIpc) is 2.67. The van der Waals surface area contributed by atoms with Crippen LogP contribution in [0.2, 0.25) is 5.02 Å². The van der Waals surface area contributed by atoms with Gasteiger partial charge in [0, 0.05) is 30.0 Å². The number of rotatable bonds is 6. The minimum Gasteiger partial charge on any atom is -0.394 e. The van der Waals surface area contributed by atoms with E-state index in [9.17, 15) is 4.79 Å². The molecule has 0 bridgehead atoms. The van der Waals surface area contributed by atoms with Crippen LogP contribution in [0.25, 0.3) is 0 Å². The number of nitrogens with one attached hydrogen (secondary N) is 1. The molecule has 1 amide bonds. The Morgan fingerprint density at radius 3 is 3.00 bits per heavy atom. The van der Waals surface area contributed by atoms with Crippen molar-refractivity contribution in [2.45, 2.75) is 18.9 Å².